The van der Waals surface area contributed by atoms with Crippen LogP contribution in [0.3, 0.4) is 0 Å². The lowest BCUT2D eigenvalue weighted by Crippen LogP contribution is -2.21. The van der Waals surface area contributed by atoms with Crippen LogP contribution in [0.4, 0.5) is 27.8 Å². The molecule has 0 bridgehead atoms. The van der Waals surface area contributed by atoms with Crippen LogP contribution in [-0.4, -0.2) is 35.0 Å². The second-order valence-corrected chi connectivity index (χ2v) is 5.84. The zero-order valence-corrected chi connectivity index (χ0v) is 16.2. The van der Waals surface area contributed by atoms with Crippen LogP contribution >= 0.6 is 36.6 Å². The number of thiol groups is 2. The van der Waals surface area contributed by atoms with Gasteiger partial charge in [-0.15, -0.1) is 11.3 Å². The number of anilines is 1. The first-order valence-corrected chi connectivity index (χ1v) is 8.61. The fraction of sp³-hybridized carbons (Fsp3) is 0.538. The van der Waals surface area contributed by atoms with Crippen molar-refractivity contribution in [3.8, 4) is 0 Å². The highest BCUT2D eigenvalue weighted by Crippen LogP contribution is 2.34. The van der Waals surface area contributed by atoms with Gasteiger partial charge in [0, 0.05) is 5.38 Å². The van der Waals surface area contributed by atoms with Crippen LogP contribution in [0.25, 0.3) is 0 Å². The smallest absolute Gasteiger partial charge is 0.361 e. The minimum absolute atomic E-state index is 0.132. The van der Waals surface area contributed by atoms with E-state index >= 15 is 0 Å². The van der Waals surface area contributed by atoms with Gasteiger partial charge in [-0.25, -0.2) is 0 Å². The number of halogens is 3. The molecule has 140 valence electrons. The normalized spacial score (nSPS) is 10.2. The SMILES string of the molecule is CCN(CC)CC.NC(=O)S.O=C(S)Nc1cc(C(F)(F)F)cs1. The molecule has 0 saturated carbocycles. The van der Waals surface area contributed by atoms with E-state index in [9.17, 15) is 18.0 Å². The largest absolute Gasteiger partial charge is 0.417 e. The van der Waals surface area contributed by atoms with Gasteiger partial charge in [0.15, 0.2) is 0 Å². The van der Waals surface area contributed by atoms with Crippen molar-refractivity contribution in [3.63, 3.8) is 0 Å². The maximum absolute atomic E-state index is 12.0. The van der Waals surface area contributed by atoms with Crippen molar-refractivity contribution in [3.05, 3.63) is 17.0 Å². The molecule has 0 spiro atoms. The Morgan fingerprint density at radius 2 is 1.62 bits per heavy atom. The summed E-state index contributed by atoms with van der Waals surface area (Å²) in [6.45, 7) is 10.1. The summed E-state index contributed by atoms with van der Waals surface area (Å²) in [5.74, 6) is 0. The Morgan fingerprint density at radius 1 is 1.21 bits per heavy atom. The minimum atomic E-state index is -4.37. The Hall–Kier alpha value is -0.910. The topological polar surface area (TPSA) is 75.4 Å². The molecule has 0 aliphatic carbocycles. The lowest BCUT2D eigenvalue weighted by Gasteiger charge is -2.13. The van der Waals surface area contributed by atoms with Crippen LogP contribution in [-0.2, 0) is 6.18 Å². The van der Waals surface area contributed by atoms with Crippen LogP contribution in [0.1, 0.15) is 26.3 Å². The van der Waals surface area contributed by atoms with Crippen LogP contribution in [0.5, 0.6) is 0 Å². The first-order valence-electron chi connectivity index (χ1n) is 6.84. The summed E-state index contributed by atoms with van der Waals surface area (Å²) >= 11 is 7.28. The molecule has 1 aromatic heterocycles. The average Bonchev–Trinajstić information content (AvgIpc) is 2.88. The maximum Gasteiger partial charge on any atom is 0.417 e. The molecule has 1 aromatic rings. The van der Waals surface area contributed by atoms with Crippen molar-refractivity contribution in [2.45, 2.75) is 26.9 Å². The second kappa shape index (κ2) is 13.4. The number of rotatable bonds is 4. The maximum atomic E-state index is 12.0. The number of hydrogen-bond acceptors (Lipinski definition) is 4. The van der Waals surface area contributed by atoms with E-state index < -0.39 is 22.2 Å². The van der Waals surface area contributed by atoms with E-state index in [4.69, 9.17) is 4.79 Å². The lowest BCUT2D eigenvalue weighted by atomic mass is 10.3. The molecule has 0 atom stereocenters. The van der Waals surface area contributed by atoms with Crippen LogP contribution < -0.4 is 11.1 Å². The number of thiophene rings is 1. The standard InChI is InChI=1S/C6H4F3NOS2.C6H15N.CH3NOS/c7-6(8,9)3-1-4(13-2-3)10-5(11)12;1-4-7(5-2)6-3;2-1(3)4/h1-2H,(H2,10,11,12);4-6H2,1-3H3;(H3,2,3,4). The van der Waals surface area contributed by atoms with E-state index in [1.807, 2.05) is 0 Å². The van der Waals surface area contributed by atoms with E-state index in [1.165, 1.54) is 19.6 Å². The van der Waals surface area contributed by atoms with Crippen LogP contribution in [0, 0.1) is 0 Å². The molecule has 0 unspecified atom stereocenters. The molecule has 24 heavy (non-hydrogen) atoms. The van der Waals surface area contributed by atoms with Gasteiger partial charge >= 0.3 is 6.18 Å². The Morgan fingerprint density at radius 3 is 1.83 bits per heavy atom. The predicted molar refractivity (Wildman–Crippen MR) is 99.4 cm³/mol. The number of carbonyl (C=O) groups is 2. The second-order valence-electron chi connectivity index (χ2n) is 4.09. The van der Waals surface area contributed by atoms with Crippen molar-refractivity contribution in [1.29, 1.82) is 0 Å². The Bertz CT molecular complexity index is 483. The third-order valence-corrected chi connectivity index (χ3v) is 3.46. The molecular weight excluding hydrogens is 383 g/mol. The molecule has 0 aliphatic heterocycles. The van der Waals surface area contributed by atoms with Gasteiger partial charge in [0.1, 0.15) is 0 Å². The number of nitrogens with two attached hydrogens (primary N) is 1. The molecule has 1 rings (SSSR count). The number of alkyl halides is 3. The number of primary amides is 1. The highest BCUT2D eigenvalue weighted by molar-refractivity contribution is 7.97. The number of amides is 2. The molecule has 0 aromatic carbocycles. The van der Waals surface area contributed by atoms with Crippen LogP contribution in [0.15, 0.2) is 11.4 Å². The van der Waals surface area contributed by atoms with Gasteiger partial charge in [0.25, 0.3) is 10.5 Å². The summed E-state index contributed by atoms with van der Waals surface area (Å²) in [6.07, 6.45) is -4.37. The molecule has 1 heterocycles. The average molecular weight is 406 g/mol. The van der Waals surface area contributed by atoms with Gasteiger partial charge < -0.3 is 16.0 Å². The Labute approximate surface area is 154 Å². The molecule has 2 amide bonds. The third-order valence-electron chi connectivity index (χ3n) is 2.50. The van der Waals surface area contributed by atoms with Gasteiger partial charge in [0.2, 0.25) is 0 Å². The molecule has 3 N–H and O–H groups in total. The predicted octanol–water partition coefficient (Wildman–Crippen LogP) is 4.57. The van der Waals surface area contributed by atoms with E-state index in [-0.39, 0.29) is 5.00 Å². The lowest BCUT2D eigenvalue weighted by molar-refractivity contribution is -0.137. The Kier molecular flexibility index (Phi) is 14.1. The van der Waals surface area contributed by atoms with E-state index in [0.717, 1.165) is 22.8 Å². The van der Waals surface area contributed by atoms with Crippen molar-refractivity contribution < 1.29 is 22.8 Å². The highest BCUT2D eigenvalue weighted by Gasteiger charge is 2.31. The van der Waals surface area contributed by atoms with E-state index in [1.54, 1.807) is 0 Å². The molecular formula is C13H22F3N3O2S3. The summed E-state index contributed by atoms with van der Waals surface area (Å²) in [5.41, 5.74) is 3.57. The monoisotopic (exact) mass is 405 g/mol. The first-order chi connectivity index (χ1) is 11.0. The third kappa shape index (κ3) is 14.7. The van der Waals surface area contributed by atoms with Gasteiger partial charge in [-0.3, -0.25) is 9.59 Å². The number of hydrogen-bond donors (Lipinski definition) is 4. The summed E-state index contributed by atoms with van der Waals surface area (Å²) in [5, 5.41) is 1.88. The van der Waals surface area contributed by atoms with Gasteiger partial charge in [0.05, 0.1) is 10.6 Å². The Balaban J connectivity index is 0. The molecule has 5 nitrogen and oxygen atoms in total. The highest BCUT2D eigenvalue weighted by atomic mass is 32.1. The number of carbonyl (C=O) groups excluding carboxylic acids is 2. The molecule has 0 aliphatic rings. The summed E-state index contributed by atoms with van der Waals surface area (Å²) in [7, 11) is 0. The summed E-state index contributed by atoms with van der Waals surface area (Å²) in [4.78, 5) is 21.8. The fourth-order valence-corrected chi connectivity index (χ4v) is 2.32. The zero-order chi connectivity index (χ0) is 19.3. The van der Waals surface area contributed by atoms with Crippen molar-refractivity contribution in [2.24, 2.45) is 5.73 Å². The van der Waals surface area contributed by atoms with Crippen molar-refractivity contribution >= 4 is 52.1 Å². The van der Waals surface area contributed by atoms with Gasteiger partial charge in [-0.1, -0.05) is 46.0 Å². The van der Waals surface area contributed by atoms with Gasteiger partial charge in [-0.2, -0.15) is 13.2 Å². The van der Waals surface area contributed by atoms with Crippen molar-refractivity contribution in [2.75, 3.05) is 25.0 Å². The zero-order valence-electron chi connectivity index (χ0n) is 13.6. The van der Waals surface area contributed by atoms with E-state index in [0.29, 0.717) is 0 Å². The fourth-order valence-electron chi connectivity index (χ4n) is 1.33. The van der Waals surface area contributed by atoms with E-state index in [2.05, 4.69) is 62.0 Å². The number of nitrogens with zero attached hydrogens (tertiary/aromatic N) is 1. The summed E-state index contributed by atoms with van der Waals surface area (Å²) < 4.78 is 36.0. The first kappa shape index (κ1) is 25.3. The molecule has 11 heteroatoms. The van der Waals surface area contributed by atoms with Crippen LogP contribution in [0.2, 0.25) is 0 Å². The number of nitrogens with one attached hydrogen (secondary N) is 1. The quantitative estimate of drug-likeness (QED) is 0.554. The summed E-state index contributed by atoms with van der Waals surface area (Å²) in [6, 6.07) is 0.860. The molecule has 0 fully saturated rings. The van der Waals surface area contributed by atoms with Gasteiger partial charge in [-0.05, 0) is 25.7 Å². The molecule has 0 radical (unpaired) electrons. The minimum Gasteiger partial charge on any atom is -0.361 e. The van der Waals surface area contributed by atoms with Crippen molar-refractivity contribution in [1.82, 2.24) is 4.90 Å². The molecule has 0 saturated heterocycles.